The first-order chi connectivity index (χ1) is 7.58. The van der Waals surface area contributed by atoms with E-state index < -0.39 is 0 Å². The summed E-state index contributed by atoms with van der Waals surface area (Å²) in [7, 11) is 0. The molecule has 0 fully saturated rings. The van der Waals surface area contributed by atoms with Crippen molar-refractivity contribution in [1.82, 2.24) is 0 Å². The van der Waals surface area contributed by atoms with Crippen molar-refractivity contribution in [3.63, 3.8) is 0 Å². The van der Waals surface area contributed by atoms with Gasteiger partial charge in [-0.15, -0.1) is 0 Å². The predicted molar refractivity (Wildman–Crippen MR) is 66.8 cm³/mol. The van der Waals surface area contributed by atoms with Crippen molar-refractivity contribution >= 4 is 21.9 Å². The van der Waals surface area contributed by atoms with Gasteiger partial charge in [-0.25, -0.2) is 0 Å². The molecule has 0 saturated carbocycles. The molecule has 16 heavy (non-hydrogen) atoms. The molecular weight excluding hydrogens is 270 g/mol. The zero-order chi connectivity index (χ0) is 12.0. The molecule has 0 radical (unpaired) electrons. The van der Waals surface area contributed by atoms with Gasteiger partial charge in [-0.3, -0.25) is 4.79 Å². The number of carbonyl (C=O) groups is 1. The van der Waals surface area contributed by atoms with E-state index in [1.807, 2.05) is 31.2 Å². The maximum atomic E-state index is 11.3. The van der Waals surface area contributed by atoms with Crippen LogP contribution in [0.1, 0.15) is 25.3 Å². The SMILES string of the molecule is CC(N)CCC(=O)OCc1ccc(Br)cc1. The fourth-order valence-corrected chi connectivity index (χ4v) is 1.43. The number of halogens is 1. The first kappa shape index (κ1) is 13.2. The van der Waals surface area contributed by atoms with E-state index in [1.54, 1.807) is 0 Å². The van der Waals surface area contributed by atoms with Crippen molar-refractivity contribution < 1.29 is 9.53 Å². The Morgan fingerprint density at radius 1 is 1.44 bits per heavy atom. The van der Waals surface area contributed by atoms with Gasteiger partial charge in [-0.2, -0.15) is 0 Å². The zero-order valence-electron chi connectivity index (χ0n) is 9.28. The predicted octanol–water partition coefficient (Wildman–Crippen LogP) is 2.62. The average Bonchev–Trinajstić information content (AvgIpc) is 2.25. The third kappa shape index (κ3) is 5.28. The lowest BCUT2D eigenvalue weighted by atomic mass is 10.2. The summed E-state index contributed by atoms with van der Waals surface area (Å²) in [5, 5.41) is 0. The number of hydrogen-bond donors (Lipinski definition) is 1. The highest BCUT2D eigenvalue weighted by Gasteiger charge is 2.05. The number of carbonyl (C=O) groups excluding carboxylic acids is 1. The third-order valence-electron chi connectivity index (χ3n) is 2.12. The van der Waals surface area contributed by atoms with Crippen LogP contribution in [0.5, 0.6) is 0 Å². The van der Waals surface area contributed by atoms with Crippen molar-refractivity contribution in [2.24, 2.45) is 5.73 Å². The maximum absolute atomic E-state index is 11.3. The second-order valence-electron chi connectivity index (χ2n) is 3.80. The fourth-order valence-electron chi connectivity index (χ4n) is 1.16. The van der Waals surface area contributed by atoms with Crippen molar-refractivity contribution in [1.29, 1.82) is 0 Å². The molecule has 2 N–H and O–H groups in total. The quantitative estimate of drug-likeness (QED) is 0.846. The van der Waals surface area contributed by atoms with Gasteiger partial charge >= 0.3 is 5.97 Å². The summed E-state index contributed by atoms with van der Waals surface area (Å²) in [5.74, 6) is -0.194. The molecule has 0 aliphatic carbocycles. The van der Waals surface area contributed by atoms with E-state index in [-0.39, 0.29) is 12.0 Å². The lowest BCUT2D eigenvalue weighted by Crippen LogP contribution is -2.17. The largest absolute Gasteiger partial charge is 0.461 e. The van der Waals surface area contributed by atoms with E-state index in [0.29, 0.717) is 19.4 Å². The molecule has 0 saturated heterocycles. The summed E-state index contributed by atoms with van der Waals surface area (Å²) in [5.41, 5.74) is 6.54. The minimum Gasteiger partial charge on any atom is -0.461 e. The van der Waals surface area contributed by atoms with Crippen molar-refractivity contribution in [3.8, 4) is 0 Å². The van der Waals surface area contributed by atoms with Crippen LogP contribution >= 0.6 is 15.9 Å². The number of hydrogen-bond acceptors (Lipinski definition) is 3. The molecule has 0 bridgehead atoms. The van der Waals surface area contributed by atoms with Crippen LogP contribution < -0.4 is 5.73 Å². The summed E-state index contributed by atoms with van der Waals surface area (Å²) in [6.45, 7) is 2.20. The van der Waals surface area contributed by atoms with E-state index in [2.05, 4.69) is 15.9 Å². The van der Waals surface area contributed by atoms with E-state index in [0.717, 1.165) is 10.0 Å². The second-order valence-corrected chi connectivity index (χ2v) is 4.72. The van der Waals surface area contributed by atoms with Crippen LogP contribution in [0.4, 0.5) is 0 Å². The molecular formula is C12H16BrNO2. The van der Waals surface area contributed by atoms with Crippen LogP contribution in [-0.4, -0.2) is 12.0 Å². The van der Waals surface area contributed by atoms with Crippen LogP contribution in [0.2, 0.25) is 0 Å². The van der Waals surface area contributed by atoms with Crippen LogP contribution in [0.25, 0.3) is 0 Å². The van der Waals surface area contributed by atoms with Crippen LogP contribution in [0.15, 0.2) is 28.7 Å². The summed E-state index contributed by atoms with van der Waals surface area (Å²) in [4.78, 5) is 11.3. The van der Waals surface area contributed by atoms with Crippen molar-refractivity contribution in [3.05, 3.63) is 34.3 Å². The molecule has 1 aromatic rings. The van der Waals surface area contributed by atoms with Crippen LogP contribution in [0, 0.1) is 0 Å². The van der Waals surface area contributed by atoms with E-state index in [4.69, 9.17) is 10.5 Å². The molecule has 1 unspecified atom stereocenters. The molecule has 0 spiro atoms. The van der Waals surface area contributed by atoms with Gasteiger partial charge in [0.2, 0.25) is 0 Å². The van der Waals surface area contributed by atoms with Gasteiger partial charge in [0.25, 0.3) is 0 Å². The standard InChI is InChI=1S/C12H16BrNO2/c1-9(14)2-7-12(15)16-8-10-3-5-11(13)6-4-10/h3-6,9H,2,7-8,14H2,1H3. The molecule has 88 valence electrons. The van der Waals surface area contributed by atoms with Gasteiger partial charge in [-0.1, -0.05) is 28.1 Å². The summed E-state index contributed by atoms with van der Waals surface area (Å²) in [6.07, 6.45) is 1.05. The highest BCUT2D eigenvalue weighted by molar-refractivity contribution is 9.10. The monoisotopic (exact) mass is 285 g/mol. The topological polar surface area (TPSA) is 52.3 Å². The molecule has 0 aromatic heterocycles. The summed E-state index contributed by atoms with van der Waals surface area (Å²) in [6, 6.07) is 7.72. The van der Waals surface area contributed by atoms with Gasteiger partial charge in [0.1, 0.15) is 6.61 Å². The lowest BCUT2D eigenvalue weighted by molar-refractivity contribution is -0.145. The Morgan fingerprint density at radius 2 is 2.06 bits per heavy atom. The molecule has 1 atom stereocenters. The van der Waals surface area contributed by atoms with Gasteiger partial charge in [0, 0.05) is 16.9 Å². The van der Waals surface area contributed by atoms with Crippen molar-refractivity contribution in [2.45, 2.75) is 32.4 Å². The number of rotatable bonds is 5. The highest BCUT2D eigenvalue weighted by atomic mass is 79.9. The van der Waals surface area contributed by atoms with E-state index in [9.17, 15) is 4.79 Å². The Morgan fingerprint density at radius 3 is 2.62 bits per heavy atom. The number of benzene rings is 1. The fraction of sp³-hybridized carbons (Fsp3) is 0.417. The summed E-state index contributed by atoms with van der Waals surface area (Å²) >= 11 is 3.34. The van der Waals surface area contributed by atoms with Crippen LogP contribution in [0.3, 0.4) is 0 Å². The van der Waals surface area contributed by atoms with Gasteiger partial charge in [-0.05, 0) is 31.0 Å². The number of esters is 1. The second kappa shape index (κ2) is 6.66. The van der Waals surface area contributed by atoms with Gasteiger partial charge < -0.3 is 10.5 Å². The average molecular weight is 286 g/mol. The molecule has 1 rings (SSSR count). The molecule has 0 amide bonds. The van der Waals surface area contributed by atoms with E-state index >= 15 is 0 Å². The molecule has 4 heteroatoms. The molecule has 0 heterocycles. The minimum atomic E-state index is -0.194. The first-order valence-electron chi connectivity index (χ1n) is 5.23. The Labute approximate surface area is 104 Å². The number of nitrogens with two attached hydrogens (primary N) is 1. The molecule has 0 aliphatic rings. The van der Waals surface area contributed by atoms with Crippen molar-refractivity contribution in [2.75, 3.05) is 0 Å². The minimum absolute atomic E-state index is 0.0419. The van der Waals surface area contributed by atoms with Gasteiger partial charge in [0.05, 0.1) is 0 Å². The highest BCUT2D eigenvalue weighted by Crippen LogP contribution is 2.11. The maximum Gasteiger partial charge on any atom is 0.306 e. The van der Waals surface area contributed by atoms with E-state index in [1.165, 1.54) is 0 Å². The Balaban J connectivity index is 2.29. The first-order valence-corrected chi connectivity index (χ1v) is 6.03. The third-order valence-corrected chi connectivity index (χ3v) is 2.65. The number of ether oxygens (including phenoxy) is 1. The van der Waals surface area contributed by atoms with Gasteiger partial charge in [0.15, 0.2) is 0 Å². The smallest absolute Gasteiger partial charge is 0.306 e. The molecule has 1 aromatic carbocycles. The molecule has 3 nitrogen and oxygen atoms in total. The summed E-state index contributed by atoms with van der Waals surface area (Å²) < 4.78 is 6.12. The molecule has 0 aliphatic heterocycles. The normalized spacial score (nSPS) is 12.2. The Hall–Kier alpha value is -0.870. The lowest BCUT2D eigenvalue weighted by Gasteiger charge is -2.06. The zero-order valence-corrected chi connectivity index (χ0v) is 10.9. The Kier molecular flexibility index (Phi) is 5.49. The Bertz CT molecular complexity index is 335. The van der Waals surface area contributed by atoms with Crippen LogP contribution in [-0.2, 0) is 16.1 Å².